The molecule has 3 rings (SSSR count). The highest BCUT2D eigenvalue weighted by atomic mass is 16.5. The van der Waals surface area contributed by atoms with Gasteiger partial charge in [0.05, 0.1) is 24.5 Å². The first kappa shape index (κ1) is 14.8. The maximum absolute atomic E-state index is 12.2. The molecule has 6 heteroatoms. The smallest absolute Gasteiger partial charge is 0.225 e. The lowest BCUT2D eigenvalue weighted by atomic mass is 10.1. The van der Waals surface area contributed by atoms with E-state index in [1.54, 1.807) is 6.26 Å². The van der Waals surface area contributed by atoms with E-state index in [9.17, 15) is 4.79 Å². The molecule has 2 atom stereocenters. The maximum Gasteiger partial charge on any atom is 0.225 e. The molecule has 1 aliphatic heterocycles. The number of ether oxygens (including phenoxy) is 1. The number of hydrogen-bond acceptors (Lipinski definition) is 4. The molecule has 6 nitrogen and oxygen atoms in total. The van der Waals surface area contributed by atoms with Crippen molar-refractivity contribution in [3.05, 3.63) is 41.6 Å². The van der Waals surface area contributed by atoms with E-state index >= 15 is 0 Å². The molecular formula is C16H21N3O3. The molecule has 2 aromatic rings. The van der Waals surface area contributed by atoms with Crippen LogP contribution in [-0.2, 0) is 9.53 Å². The molecule has 0 saturated carbocycles. The highest BCUT2D eigenvalue weighted by Gasteiger charge is 2.26. The van der Waals surface area contributed by atoms with Crippen molar-refractivity contribution in [3.8, 4) is 0 Å². The number of aryl methyl sites for hydroxylation is 2. The zero-order valence-electron chi connectivity index (χ0n) is 12.9. The van der Waals surface area contributed by atoms with Crippen molar-refractivity contribution < 1.29 is 13.9 Å². The molecule has 2 unspecified atom stereocenters. The Morgan fingerprint density at radius 3 is 3.00 bits per heavy atom. The van der Waals surface area contributed by atoms with E-state index in [0.717, 1.165) is 23.6 Å². The summed E-state index contributed by atoms with van der Waals surface area (Å²) >= 11 is 0. The third kappa shape index (κ3) is 3.06. The predicted octanol–water partition coefficient (Wildman–Crippen LogP) is 1.84. The van der Waals surface area contributed by atoms with Crippen molar-refractivity contribution >= 4 is 5.91 Å². The summed E-state index contributed by atoms with van der Waals surface area (Å²) in [6, 6.07) is 5.63. The molecular weight excluding hydrogens is 282 g/mol. The van der Waals surface area contributed by atoms with Crippen molar-refractivity contribution in [2.75, 3.05) is 19.8 Å². The minimum Gasteiger partial charge on any atom is -0.467 e. The van der Waals surface area contributed by atoms with Crippen LogP contribution in [0.25, 0.3) is 0 Å². The molecule has 118 valence electrons. The van der Waals surface area contributed by atoms with Gasteiger partial charge in [-0.05, 0) is 38.5 Å². The van der Waals surface area contributed by atoms with Crippen LogP contribution in [0.5, 0.6) is 0 Å². The number of furan rings is 1. The van der Waals surface area contributed by atoms with Crippen molar-refractivity contribution in [2.24, 2.45) is 5.92 Å². The Balaban J connectivity index is 1.75. The second kappa shape index (κ2) is 6.36. The molecule has 2 aromatic heterocycles. The largest absolute Gasteiger partial charge is 0.467 e. The van der Waals surface area contributed by atoms with Crippen LogP contribution in [0, 0.1) is 19.8 Å². The summed E-state index contributed by atoms with van der Waals surface area (Å²) < 4.78 is 12.7. The van der Waals surface area contributed by atoms with Gasteiger partial charge in [0.1, 0.15) is 11.8 Å². The van der Waals surface area contributed by atoms with Gasteiger partial charge in [0.15, 0.2) is 0 Å². The van der Waals surface area contributed by atoms with Crippen molar-refractivity contribution in [1.29, 1.82) is 0 Å². The molecule has 1 saturated heterocycles. The lowest BCUT2D eigenvalue weighted by Crippen LogP contribution is -2.36. The minimum absolute atomic E-state index is 0.0376. The number of rotatable bonds is 5. The van der Waals surface area contributed by atoms with Crippen molar-refractivity contribution in [3.63, 3.8) is 0 Å². The van der Waals surface area contributed by atoms with Gasteiger partial charge in [0, 0.05) is 18.8 Å². The van der Waals surface area contributed by atoms with Gasteiger partial charge in [-0.25, -0.2) is 0 Å². The van der Waals surface area contributed by atoms with Gasteiger partial charge < -0.3 is 14.5 Å². The number of hydrogen-bond donors (Lipinski definition) is 1. The van der Waals surface area contributed by atoms with Gasteiger partial charge in [-0.15, -0.1) is 0 Å². The third-order valence-electron chi connectivity index (χ3n) is 3.98. The van der Waals surface area contributed by atoms with Crippen LogP contribution < -0.4 is 5.32 Å². The second-order valence-electron chi connectivity index (χ2n) is 5.71. The van der Waals surface area contributed by atoms with E-state index in [-0.39, 0.29) is 17.9 Å². The summed E-state index contributed by atoms with van der Waals surface area (Å²) in [7, 11) is 0. The van der Waals surface area contributed by atoms with E-state index in [2.05, 4.69) is 10.4 Å². The van der Waals surface area contributed by atoms with Crippen LogP contribution in [0.15, 0.2) is 28.9 Å². The monoisotopic (exact) mass is 303 g/mol. The standard InChI is InChI=1S/C16H21N3O3/c1-11-8-12(2)19(18-11)14(15-4-3-6-22-15)9-17-16(20)13-5-7-21-10-13/h3-4,6,8,13-14H,5,7,9-10H2,1-2H3,(H,17,20). The molecule has 0 radical (unpaired) electrons. The van der Waals surface area contributed by atoms with Gasteiger partial charge in [-0.3, -0.25) is 9.48 Å². The fourth-order valence-corrected chi connectivity index (χ4v) is 2.83. The number of aromatic nitrogens is 2. The Morgan fingerprint density at radius 1 is 1.55 bits per heavy atom. The molecule has 1 aliphatic rings. The Bertz CT molecular complexity index is 627. The Morgan fingerprint density at radius 2 is 2.41 bits per heavy atom. The number of nitrogens with zero attached hydrogens (tertiary/aromatic N) is 2. The number of carbonyl (C=O) groups is 1. The molecule has 1 N–H and O–H groups in total. The number of carbonyl (C=O) groups excluding carboxylic acids is 1. The first-order valence-corrected chi connectivity index (χ1v) is 7.57. The summed E-state index contributed by atoms with van der Waals surface area (Å²) in [6.07, 6.45) is 2.43. The van der Waals surface area contributed by atoms with Crippen molar-refractivity contribution in [2.45, 2.75) is 26.3 Å². The Labute approximate surface area is 129 Å². The molecule has 0 spiro atoms. The van der Waals surface area contributed by atoms with Crippen LogP contribution in [0.1, 0.15) is 29.6 Å². The minimum atomic E-state index is -0.144. The van der Waals surface area contributed by atoms with E-state index in [0.29, 0.717) is 19.8 Å². The Kier molecular flexibility index (Phi) is 4.29. The fourth-order valence-electron chi connectivity index (χ4n) is 2.83. The summed E-state index contributed by atoms with van der Waals surface area (Å²) in [4.78, 5) is 12.2. The molecule has 0 bridgehead atoms. The summed E-state index contributed by atoms with van der Waals surface area (Å²) in [5.74, 6) is 0.780. The zero-order chi connectivity index (χ0) is 15.5. The molecule has 1 amide bonds. The molecule has 1 fully saturated rings. The van der Waals surface area contributed by atoms with Crippen LogP contribution in [0.2, 0.25) is 0 Å². The van der Waals surface area contributed by atoms with Crippen LogP contribution in [0.3, 0.4) is 0 Å². The average Bonchev–Trinajstić information content (AvgIpc) is 3.22. The summed E-state index contributed by atoms with van der Waals surface area (Å²) in [5.41, 5.74) is 1.99. The molecule has 22 heavy (non-hydrogen) atoms. The van der Waals surface area contributed by atoms with Gasteiger partial charge in [0.2, 0.25) is 5.91 Å². The van der Waals surface area contributed by atoms with Gasteiger partial charge in [0.25, 0.3) is 0 Å². The SMILES string of the molecule is Cc1cc(C)n(C(CNC(=O)C2CCOC2)c2ccco2)n1. The fraction of sp³-hybridized carbons (Fsp3) is 0.500. The maximum atomic E-state index is 12.2. The summed E-state index contributed by atoms with van der Waals surface area (Å²) in [6.45, 7) is 5.58. The molecule has 0 aliphatic carbocycles. The Hall–Kier alpha value is -2.08. The quantitative estimate of drug-likeness (QED) is 0.915. The highest BCUT2D eigenvalue weighted by molar-refractivity contribution is 5.79. The van der Waals surface area contributed by atoms with E-state index in [1.807, 2.05) is 36.7 Å². The van der Waals surface area contributed by atoms with Crippen molar-refractivity contribution in [1.82, 2.24) is 15.1 Å². The highest BCUT2D eigenvalue weighted by Crippen LogP contribution is 2.21. The zero-order valence-corrected chi connectivity index (χ0v) is 12.9. The third-order valence-corrected chi connectivity index (χ3v) is 3.98. The first-order chi connectivity index (χ1) is 10.6. The van der Waals surface area contributed by atoms with E-state index < -0.39 is 0 Å². The number of amides is 1. The van der Waals surface area contributed by atoms with Crippen LogP contribution >= 0.6 is 0 Å². The van der Waals surface area contributed by atoms with Gasteiger partial charge in [-0.2, -0.15) is 5.10 Å². The molecule has 3 heterocycles. The first-order valence-electron chi connectivity index (χ1n) is 7.57. The predicted molar refractivity (Wildman–Crippen MR) is 80.5 cm³/mol. The lowest BCUT2D eigenvalue weighted by Gasteiger charge is -2.19. The molecule has 0 aromatic carbocycles. The van der Waals surface area contributed by atoms with Gasteiger partial charge in [-0.1, -0.05) is 0 Å². The van der Waals surface area contributed by atoms with Gasteiger partial charge >= 0.3 is 0 Å². The average molecular weight is 303 g/mol. The van der Waals surface area contributed by atoms with Crippen LogP contribution in [0.4, 0.5) is 0 Å². The topological polar surface area (TPSA) is 69.3 Å². The number of nitrogens with one attached hydrogen (secondary N) is 1. The normalized spacial score (nSPS) is 19.3. The summed E-state index contributed by atoms with van der Waals surface area (Å²) in [5, 5.41) is 7.53. The van der Waals surface area contributed by atoms with E-state index in [4.69, 9.17) is 9.15 Å². The lowest BCUT2D eigenvalue weighted by molar-refractivity contribution is -0.125. The second-order valence-corrected chi connectivity index (χ2v) is 5.71. The van der Waals surface area contributed by atoms with Crippen LogP contribution in [-0.4, -0.2) is 35.4 Å². The van der Waals surface area contributed by atoms with E-state index in [1.165, 1.54) is 0 Å².